The molecule has 144 valence electrons. The molecule has 4 heteroatoms. The van der Waals surface area contributed by atoms with Gasteiger partial charge in [-0.2, -0.15) is 0 Å². The average Bonchev–Trinajstić information content (AvgIpc) is 3.18. The molecule has 1 saturated carbocycles. The van der Waals surface area contributed by atoms with E-state index in [-0.39, 0.29) is 0 Å². The van der Waals surface area contributed by atoms with Gasteiger partial charge in [-0.3, -0.25) is 0 Å². The predicted molar refractivity (Wildman–Crippen MR) is 111 cm³/mol. The Morgan fingerprint density at radius 2 is 1.74 bits per heavy atom. The summed E-state index contributed by atoms with van der Waals surface area (Å²) in [6.45, 7) is 4.40. The minimum atomic E-state index is 0.591. The molecule has 0 bridgehead atoms. The summed E-state index contributed by atoms with van der Waals surface area (Å²) >= 11 is 0. The Morgan fingerprint density at radius 1 is 1.00 bits per heavy atom. The fraction of sp³-hybridized carbons (Fsp3) is 0.565. The molecule has 27 heavy (non-hydrogen) atoms. The van der Waals surface area contributed by atoms with Gasteiger partial charge in [-0.1, -0.05) is 37.5 Å². The molecule has 4 rings (SSSR count). The van der Waals surface area contributed by atoms with E-state index in [0.717, 1.165) is 31.4 Å². The Kier molecular flexibility index (Phi) is 6.03. The Labute approximate surface area is 163 Å². The van der Waals surface area contributed by atoms with E-state index in [2.05, 4.69) is 59.6 Å². The van der Waals surface area contributed by atoms with E-state index >= 15 is 0 Å². The first-order valence-corrected chi connectivity index (χ1v) is 10.6. The Hall–Kier alpha value is -1.94. The molecule has 0 N–H and O–H groups in total. The molecule has 1 aromatic heterocycles. The normalized spacial score (nSPS) is 21.1. The second-order valence-corrected chi connectivity index (χ2v) is 8.42. The molecule has 1 aliphatic heterocycles. The molecule has 1 unspecified atom stereocenters. The summed E-state index contributed by atoms with van der Waals surface area (Å²) in [5, 5.41) is 0. The SMILES string of the molecule is CN(Cc1cnc(C2CCCCC2)nc1)CC1CCN(c2ccccc2)C1. The van der Waals surface area contributed by atoms with Crippen molar-refractivity contribution in [3.63, 3.8) is 0 Å². The summed E-state index contributed by atoms with van der Waals surface area (Å²) in [5.41, 5.74) is 2.59. The third-order valence-corrected chi connectivity index (χ3v) is 6.13. The lowest BCUT2D eigenvalue weighted by Crippen LogP contribution is -2.28. The maximum absolute atomic E-state index is 4.69. The quantitative estimate of drug-likeness (QED) is 0.756. The van der Waals surface area contributed by atoms with E-state index in [1.807, 2.05) is 0 Å². The van der Waals surface area contributed by atoms with Crippen LogP contribution in [0.15, 0.2) is 42.7 Å². The second-order valence-electron chi connectivity index (χ2n) is 8.42. The molecule has 2 aromatic rings. The molecule has 1 aromatic carbocycles. The number of nitrogens with zero attached hydrogens (tertiary/aromatic N) is 4. The topological polar surface area (TPSA) is 32.3 Å². The van der Waals surface area contributed by atoms with E-state index in [9.17, 15) is 0 Å². The first-order chi connectivity index (χ1) is 13.3. The van der Waals surface area contributed by atoms with Gasteiger partial charge in [0.05, 0.1) is 0 Å². The fourth-order valence-corrected chi connectivity index (χ4v) is 4.69. The zero-order valence-corrected chi connectivity index (χ0v) is 16.6. The summed E-state index contributed by atoms with van der Waals surface area (Å²) in [4.78, 5) is 14.3. The highest BCUT2D eigenvalue weighted by atomic mass is 15.2. The van der Waals surface area contributed by atoms with Crippen molar-refractivity contribution in [3.05, 3.63) is 54.1 Å². The Balaban J connectivity index is 1.26. The van der Waals surface area contributed by atoms with Crippen LogP contribution in [0.2, 0.25) is 0 Å². The molecule has 1 atom stereocenters. The zero-order valence-electron chi connectivity index (χ0n) is 16.6. The average molecular weight is 365 g/mol. The van der Waals surface area contributed by atoms with Crippen molar-refractivity contribution in [1.82, 2.24) is 14.9 Å². The van der Waals surface area contributed by atoms with Gasteiger partial charge >= 0.3 is 0 Å². The summed E-state index contributed by atoms with van der Waals surface area (Å²) in [5.74, 6) is 2.39. The molecule has 1 aliphatic carbocycles. The highest BCUT2D eigenvalue weighted by molar-refractivity contribution is 5.46. The van der Waals surface area contributed by atoms with Crippen LogP contribution in [0.1, 0.15) is 55.8 Å². The molecule has 0 amide bonds. The fourth-order valence-electron chi connectivity index (χ4n) is 4.69. The molecule has 2 fully saturated rings. The highest BCUT2D eigenvalue weighted by Gasteiger charge is 2.24. The number of rotatable bonds is 6. The number of para-hydroxylation sites is 1. The van der Waals surface area contributed by atoms with Gasteiger partial charge in [0, 0.05) is 55.7 Å². The molecule has 4 nitrogen and oxygen atoms in total. The van der Waals surface area contributed by atoms with Crippen LogP contribution in [-0.2, 0) is 6.54 Å². The summed E-state index contributed by atoms with van der Waals surface area (Å²) in [6, 6.07) is 10.8. The van der Waals surface area contributed by atoms with Gasteiger partial charge in [-0.15, -0.1) is 0 Å². The zero-order chi connectivity index (χ0) is 18.5. The van der Waals surface area contributed by atoms with Crippen LogP contribution < -0.4 is 4.90 Å². The Morgan fingerprint density at radius 3 is 2.48 bits per heavy atom. The monoisotopic (exact) mass is 364 g/mol. The maximum atomic E-state index is 4.69. The summed E-state index contributed by atoms with van der Waals surface area (Å²) in [7, 11) is 2.22. The van der Waals surface area contributed by atoms with Gasteiger partial charge in [0.25, 0.3) is 0 Å². The first-order valence-electron chi connectivity index (χ1n) is 10.6. The van der Waals surface area contributed by atoms with Crippen molar-refractivity contribution in [3.8, 4) is 0 Å². The number of hydrogen-bond acceptors (Lipinski definition) is 4. The molecule has 0 radical (unpaired) electrons. The largest absolute Gasteiger partial charge is 0.371 e. The lowest BCUT2D eigenvalue weighted by atomic mass is 9.89. The minimum absolute atomic E-state index is 0.591. The Bertz CT molecular complexity index is 694. The van der Waals surface area contributed by atoms with Gasteiger partial charge < -0.3 is 9.80 Å². The molecule has 2 heterocycles. The third-order valence-electron chi connectivity index (χ3n) is 6.13. The van der Waals surface area contributed by atoms with Crippen molar-refractivity contribution in [2.24, 2.45) is 5.92 Å². The van der Waals surface area contributed by atoms with Crippen LogP contribution in [0, 0.1) is 5.92 Å². The van der Waals surface area contributed by atoms with Crippen LogP contribution in [0.3, 0.4) is 0 Å². The number of hydrogen-bond donors (Lipinski definition) is 0. The van der Waals surface area contributed by atoms with Gasteiger partial charge in [0.15, 0.2) is 0 Å². The number of aromatic nitrogens is 2. The van der Waals surface area contributed by atoms with E-state index in [1.54, 1.807) is 0 Å². The van der Waals surface area contributed by atoms with Crippen LogP contribution in [-0.4, -0.2) is 41.5 Å². The standard InChI is InChI=1S/C23H32N4/c1-26(16-19-12-13-27(18-19)22-10-6-3-7-11-22)17-20-14-24-23(25-15-20)21-8-4-2-5-9-21/h3,6-7,10-11,14-15,19,21H,2,4-5,8-9,12-13,16-18H2,1H3. The van der Waals surface area contributed by atoms with Gasteiger partial charge in [-0.25, -0.2) is 9.97 Å². The molecule has 0 spiro atoms. The lowest BCUT2D eigenvalue weighted by molar-refractivity contribution is 0.278. The third kappa shape index (κ3) is 4.86. The number of benzene rings is 1. The van der Waals surface area contributed by atoms with Crippen molar-refractivity contribution < 1.29 is 0 Å². The van der Waals surface area contributed by atoms with Crippen LogP contribution in [0.25, 0.3) is 0 Å². The molecular weight excluding hydrogens is 332 g/mol. The van der Waals surface area contributed by atoms with E-state index < -0.39 is 0 Å². The van der Waals surface area contributed by atoms with Crippen molar-refractivity contribution in [1.29, 1.82) is 0 Å². The smallest absolute Gasteiger partial charge is 0.131 e. The van der Waals surface area contributed by atoms with Crippen LogP contribution in [0.4, 0.5) is 5.69 Å². The molecule has 1 saturated heterocycles. The van der Waals surface area contributed by atoms with Gasteiger partial charge in [0.2, 0.25) is 0 Å². The lowest BCUT2D eigenvalue weighted by Gasteiger charge is -2.23. The maximum Gasteiger partial charge on any atom is 0.131 e. The van der Waals surface area contributed by atoms with Crippen molar-refractivity contribution >= 4 is 5.69 Å². The summed E-state index contributed by atoms with van der Waals surface area (Å²) < 4.78 is 0. The molecular formula is C23H32N4. The summed E-state index contributed by atoms with van der Waals surface area (Å²) in [6.07, 6.45) is 12.0. The van der Waals surface area contributed by atoms with Crippen molar-refractivity contribution in [2.45, 2.75) is 51.0 Å². The van der Waals surface area contributed by atoms with E-state index in [0.29, 0.717) is 5.92 Å². The van der Waals surface area contributed by atoms with Crippen LogP contribution in [0.5, 0.6) is 0 Å². The van der Waals surface area contributed by atoms with E-state index in [4.69, 9.17) is 9.97 Å². The predicted octanol–water partition coefficient (Wildman–Crippen LogP) is 4.48. The minimum Gasteiger partial charge on any atom is -0.371 e. The molecule has 2 aliphatic rings. The van der Waals surface area contributed by atoms with Crippen molar-refractivity contribution in [2.75, 3.05) is 31.6 Å². The first kappa shape index (κ1) is 18.4. The van der Waals surface area contributed by atoms with E-state index in [1.165, 1.54) is 56.3 Å². The highest BCUT2D eigenvalue weighted by Crippen LogP contribution is 2.30. The second kappa shape index (κ2) is 8.83. The van der Waals surface area contributed by atoms with Crippen LogP contribution >= 0.6 is 0 Å². The van der Waals surface area contributed by atoms with Gasteiger partial charge in [0.1, 0.15) is 5.82 Å². The number of anilines is 1. The van der Waals surface area contributed by atoms with Gasteiger partial charge in [-0.05, 0) is 44.4 Å².